The number of ether oxygens (including phenoxy) is 1. The van der Waals surface area contributed by atoms with Crippen molar-refractivity contribution in [3.8, 4) is 5.75 Å². The number of hydrogen-bond acceptors (Lipinski definition) is 4. The van der Waals surface area contributed by atoms with Crippen LogP contribution in [-0.2, 0) is 0 Å². The minimum atomic E-state index is -0.380. The standard InChI is InChI=1S/C16H24N2O3/c1-11(2)21-15-7-14(8-17-9-15)16(20)18-6-4-5-13(10-18)12(3)19/h7-9,11-13,19H,4-6,10H2,1-3H3. The number of pyridine rings is 1. The molecule has 21 heavy (non-hydrogen) atoms. The summed E-state index contributed by atoms with van der Waals surface area (Å²) < 4.78 is 5.58. The van der Waals surface area contributed by atoms with E-state index in [4.69, 9.17) is 4.74 Å². The summed E-state index contributed by atoms with van der Waals surface area (Å²) in [4.78, 5) is 18.4. The molecule has 0 bridgehead atoms. The Hall–Kier alpha value is -1.62. The Labute approximate surface area is 125 Å². The third kappa shape index (κ3) is 4.17. The molecule has 1 amide bonds. The molecule has 0 aliphatic carbocycles. The van der Waals surface area contributed by atoms with Gasteiger partial charge in [-0.3, -0.25) is 9.78 Å². The van der Waals surface area contributed by atoms with Crippen LogP contribution in [0.5, 0.6) is 5.75 Å². The van der Waals surface area contributed by atoms with Gasteiger partial charge < -0.3 is 14.7 Å². The Morgan fingerprint density at radius 3 is 2.86 bits per heavy atom. The van der Waals surface area contributed by atoms with Crippen LogP contribution >= 0.6 is 0 Å². The minimum absolute atomic E-state index is 0.0398. The number of amides is 1. The van der Waals surface area contributed by atoms with E-state index in [0.717, 1.165) is 19.4 Å². The van der Waals surface area contributed by atoms with Crippen molar-refractivity contribution in [3.05, 3.63) is 24.0 Å². The van der Waals surface area contributed by atoms with Gasteiger partial charge in [0.2, 0.25) is 0 Å². The predicted molar refractivity (Wildman–Crippen MR) is 80.3 cm³/mol. The van der Waals surface area contributed by atoms with E-state index in [2.05, 4.69) is 4.98 Å². The maximum Gasteiger partial charge on any atom is 0.255 e. The van der Waals surface area contributed by atoms with E-state index in [1.807, 2.05) is 13.8 Å². The number of rotatable bonds is 4. The summed E-state index contributed by atoms with van der Waals surface area (Å²) in [5, 5.41) is 9.72. The SMILES string of the molecule is CC(C)Oc1cncc(C(=O)N2CCCC(C(C)O)C2)c1. The highest BCUT2D eigenvalue weighted by atomic mass is 16.5. The largest absolute Gasteiger partial charge is 0.489 e. The highest BCUT2D eigenvalue weighted by Crippen LogP contribution is 2.22. The lowest BCUT2D eigenvalue weighted by Crippen LogP contribution is -2.43. The molecule has 0 spiro atoms. The van der Waals surface area contributed by atoms with E-state index in [0.29, 0.717) is 17.9 Å². The molecule has 0 aromatic carbocycles. The lowest BCUT2D eigenvalue weighted by atomic mass is 9.93. The Kier molecular flexibility index (Phi) is 5.17. The van der Waals surface area contributed by atoms with Crippen LogP contribution in [0.25, 0.3) is 0 Å². The molecule has 1 aromatic rings. The Morgan fingerprint density at radius 1 is 1.43 bits per heavy atom. The number of aliphatic hydroxyl groups excluding tert-OH is 1. The second kappa shape index (κ2) is 6.89. The average Bonchev–Trinajstić information content (AvgIpc) is 2.46. The topological polar surface area (TPSA) is 62.7 Å². The first-order valence-corrected chi connectivity index (χ1v) is 7.56. The predicted octanol–water partition coefficient (Wildman–Crippen LogP) is 2.10. The maximum absolute atomic E-state index is 12.6. The number of aromatic nitrogens is 1. The summed E-state index contributed by atoms with van der Waals surface area (Å²) in [6.45, 7) is 7.00. The summed E-state index contributed by atoms with van der Waals surface area (Å²) >= 11 is 0. The van der Waals surface area contributed by atoms with Gasteiger partial charge in [0.25, 0.3) is 5.91 Å². The fourth-order valence-corrected chi connectivity index (χ4v) is 2.64. The van der Waals surface area contributed by atoms with E-state index < -0.39 is 0 Å². The number of nitrogens with zero attached hydrogens (tertiary/aromatic N) is 2. The Morgan fingerprint density at radius 2 is 2.19 bits per heavy atom. The molecular weight excluding hydrogens is 268 g/mol. The molecule has 1 aromatic heterocycles. The van der Waals surface area contributed by atoms with Gasteiger partial charge in [-0.15, -0.1) is 0 Å². The number of aliphatic hydroxyl groups is 1. The van der Waals surface area contributed by atoms with Crippen LogP contribution in [0.4, 0.5) is 0 Å². The van der Waals surface area contributed by atoms with Crippen LogP contribution in [0, 0.1) is 5.92 Å². The molecule has 116 valence electrons. The minimum Gasteiger partial charge on any atom is -0.489 e. The average molecular weight is 292 g/mol. The van der Waals surface area contributed by atoms with Crippen molar-refractivity contribution in [1.82, 2.24) is 9.88 Å². The van der Waals surface area contributed by atoms with Crippen molar-refractivity contribution in [2.24, 2.45) is 5.92 Å². The molecule has 1 N–H and O–H groups in total. The Balaban J connectivity index is 2.08. The lowest BCUT2D eigenvalue weighted by Gasteiger charge is -2.34. The molecule has 2 heterocycles. The maximum atomic E-state index is 12.6. The monoisotopic (exact) mass is 292 g/mol. The van der Waals surface area contributed by atoms with E-state index in [9.17, 15) is 9.90 Å². The Bertz CT molecular complexity index is 488. The van der Waals surface area contributed by atoms with Crippen molar-refractivity contribution >= 4 is 5.91 Å². The zero-order valence-electron chi connectivity index (χ0n) is 13.0. The van der Waals surface area contributed by atoms with Gasteiger partial charge in [0.1, 0.15) is 5.75 Å². The third-order valence-electron chi connectivity index (χ3n) is 3.76. The van der Waals surface area contributed by atoms with Crippen molar-refractivity contribution in [3.63, 3.8) is 0 Å². The molecule has 1 saturated heterocycles. The molecule has 1 aliphatic rings. The number of likely N-dealkylation sites (tertiary alicyclic amines) is 1. The summed E-state index contributed by atoms with van der Waals surface area (Å²) in [6, 6.07) is 1.74. The van der Waals surface area contributed by atoms with Crippen LogP contribution in [0.2, 0.25) is 0 Å². The zero-order chi connectivity index (χ0) is 15.4. The molecular formula is C16H24N2O3. The first-order chi connectivity index (χ1) is 9.97. The van der Waals surface area contributed by atoms with Gasteiger partial charge in [-0.25, -0.2) is 0 Å². The van der Waals surface area contributed by atoms with Crippen LogP contribution in [0.3, 0.4) is 0 Å². The zero-order valence-corrected chi connectivity index (χ0v) is 13.0. The first-order valence-electron chi connectivity index (χ1n) is 7.56. The molecule has 5 nitrogen and oxygen atoms in total. The number of piperidine rings is 1. The third-order valence-corrected chi connectivity index (χ3v) is 3.76. The van der Waals surface area contributed by atoms with Crippen LogP contribution in [0.1, 0.15) is 44.0 Å². The van der Waals surface area contributed by atoms with Gasteiger partial charge in [-0.05, 0) is 39.7 Å². The molecule has 2 atom stereocenters. The van der Waals surface area contributed by atoms with E-state index in [1.54, 1.807) is 30.3 Å². The van der Waals surface area contributed by atoms with Crippen molar-refractivity contribution in [2.45, 2.75) is 45.8 Å². The molecule has 1 fully saturated rings. The normalized spacial score (nSPS) is 20.4. The number of hydrogen-bond donors (Lipinski definition) is 1. The second-order valence-electron chi connectivity index (χ2n) is 5.97. The number of carbonyl (C=O) groups excluding carboxylic acids is 1. The number of carbonyl (C=O) groups is 1. The fraction of sp³-hybridized carbons (Fsp3) is 0.625. The van der Waals surface area contributed by atoms with E-state index >= 15 is 0 Å². The molecule has 0 saturated carbocycles. The highest BCUT2D eigenvalue weighted by Gasteiger charge is 2.27. The lowest BCUT2D eigenvalue weighted by molar-refractivity contribution is 0.0465. The molecule has 2 unspecified atom stereocenters. The molecule has 1 aliphatic heterocycles. The second-order valence-corrected chi connectivity index (χ2v) is 5.97. The van der Waals surface area contributed by atoms with E-state index in [-0.39, 0.29) is 24.0 Å². The summed E-state index contributed by atoms with van der Waals surface area (Å²) in [7, 11) is 0. The molecule has 5 heteroatoms. The highest BCUT2D eigenvalue weighted by molar-refractivity contribution is 5.94. The van der Waals surface area contributed by atoms with Crippen LogP contribution < -0.4 is 4.74 Å². The van der Waals surface area contributed by atoms with Crippen molar-refractivity contribution in [2.75, 3.05) is 13.1 Å². The fourth-order valence-electron chi connectivity index (χ4n) is 2.64. The summed E-state index contributed by atoms with van der Waals surface area (Å²) in [5.74, 6) is 0.729. The first kappa shape index (κ1) is 15.8. The summed E-state index contributed by atoms with van der Waals surface area (Å²) in [6.07, 6.45) is 4.75. The van der Waals surface area contributed by atoms with Crippen LogP contribution in [0.15, 0.2) is 18.5 Å². The van der Waals surface area contributed by atoms with Gasteiger partial charge in [0.05, 0.1) is 24.0 Å². The van der Waals surface area contributed by atoms with Gasteiger partial charge in [-0.1, -0.05) is 0 Å². The summed E-state index contributed by atoms with van der Waals surface area (Å²) in [5.41, 5.74) is 0.541. The van der Waals surface area contributed by atoms with Gasteiger partial charge in [0, 0.05) is 25.2 Å². The smallest absolute Gasteiger partial charge is 0.255 e. The van der Waals surface area contributed by atoms with Crippen LogP contribution in [-0.4, -0.2) is 46.2 Å². The molecule has 2 rings (SSSR count). The van der Waals surface area contributed by atoms with Gasteiger partial charge in [0.15, 0.2) is 0 Å². The van der Waals surface area contributed by atoms with E-state index in [1.165, 1.54) is 0 Å². The van der Waals surface area contributed by atoms with Crippen molar-refractivity contribution in [1.29, 1.82) is 0 Å². The van der Waals surface area contributed by atoms with Crippen molar-refractivity contribution < 1.29 is 14.6 Å². The van der Waals surface area contributed by atoms with Gasteiger partial charge >= 0.3 is 0 Å². The van der Waals surface area contributed by atoms with Gasteiger partial charge in [-0.2, -0.15) is 0 Å². The molecule has 0 radical (unpaired) electrons. The quantitative estimate of drug-likeness (QED) is 0.923.